The summed E-state index contributed by atoms with van der Waals surface area (Å²) in [5.41, 5.74) is 1.90. The van der Waals surface area contributed by atoms with Crippen LogP contribution in [0.25, 0.3) is 0 Å². The van der Waals surface area contributed by atoms with Crippen LogP contribution in [0.1, 0.15) is 46.5 Å². The van der Waals surface area contributed by atoms with Gasteiger partial charge in [-0.15, -0.1) is 0 Å². The molecule has 0 radical (unpaired) electrons. The van der Waals surface area contributed by atoms with Gasteiger partial charge in [0.15, 0.2) is 0 Å². The molecule has 0 saturated heterocycles. The SMILES string of the molecule is CC(O)/C=C1/CCCC(C)(C)C1. The Morgan fingerprint density at radius 2 is 2.17 bits per heavy atom. The minimum absolute atomic E-state index is 0.270. The number of hydrogen-bond donors (Lipinski definition) is 1. The minimum Gasteiger partial charge on any atom is -0.389 e. The molecule has 0 aliphatic heterocycles. The third-order valence-electron chi connectivity index (χ3n) is 2.53. The maximum absolute atomic E-state index is 9.20. The van der Waals surface area contributed by atoms with Crippen molar-refractivity contribution >= 4 is 0 Å². The van der Waals surface area contributed by atoms with Gasteiger partial charge in [0, 0.05) is 0 Å². The van der Waals surface area contributed by atoms with Gasteiger partial charge >= 0.3 is 0 Å². The summed E-state index contributed by atoms with van der Waals surface area (Å²) in [5.74, 6) is 0. The van der Waals surface area contributed by atoms with Gasteiger partial charge < -0.3 is 5.11 Å². The van der Waals surface area contributed by atoms with Gasteiger partial charge in [-0.1, -0.05) is 25.5 Å². The van der Waals surface area contributed by atoms with Crippen LogP contribution in [0.15, 0.2) is 11.6 Å². The molecule has 1 N–H and O–H groups in total. The Bertz CT molecular complexity index is 177. The molecule has 1 aliphatic rings. The molecular formula is C11H20O. The summed E-state index contributed by atoms with van der Waals surface area (Å²) in [6.07, 6.45) is 6.71. The smallest absolute Gasteiger partial charge is 0.0695 e. The molecule has 1 rings (SSSR count). The largest absolute Gasteiger partial charge is 0.389 e. The fourth-order valence-electron chi connectivity index (χ4n) is 2.07. The van der Waals surface area contributed by atoms with E-state index in [-0.39, 0.29) is 6.10 Å². The maximum atomic E-state index is 9.20. The molecular weight excluding hydrogens is 148 g/mol. The van der Waals surface area contributed by atoms with Crippen LogP contribution in [0, 0.1) is 5.41 Å². The molecule has 1 saturated carbocycles. The quantitative estimate of drug-likeness (QED) is 0.597. The van der Waals surface area contributed by atoms with Gasteiger partial charge in [-0.2, -0.15) is 0 Å². The Morgan fingerprint density at radius 3 is 2.67 bits per heavy atom. The van der Waals surface area contributed by atoms with Crippen molar-refractivity contribution in [1.29, 1.82) is 0 Å². The van der Waals surface area contributed by atoms with E-state index in [0.717, 1.165) is 6.42 Å². The molecule has 0 spiro atoms. The van der Waals surface area contributed by atoms with E-state index in [2.05, 4.69) is 13.8 Å². The highest BCUT2D eigenvalue weighted by molar-refractivity contribution is 5.09. The average molecular weight is 168 g/mol. The second kappa shape index (κ2) is 3.61. The maximum Gasteiger partial charge on any atom is 0.0695 e. The van der Waals surface area contributed by atoms with E-state index in [0.29, 0.717) is 5.41 Å². The lowest BCUT2D eigenvalue weighted by molar-refractivity contribution is 0.237. The number of rotatable bonds is 1. The van der Waals surface area contributed by atoms with E-state index in [1.165, 1.54) is 24.8 Å². The molecule has 0 aromatic carbocycles. The molecule has 0 aromatic heterocycles. The zero-order valence-corrected chi connectivity index (χ0v) is 8.43. The van der Waals surface area contributed by atoms with Crippen LogP contribution in [-0.4, -0.2) is 11.2 Å². The lowest BCUT2D eigenvalue weighted by atomic mass is 9.75. The van der Waals surface area contributed by atoms with E-state index in [1.807, 2.05) is 13.0 Å². The van der Waals surface area contributed by atoms with E-state index in [9.17, 15) is 5.11 Å². The van der Waals surface area contributed by atoms with Crippen LogP contribution >= 0.6 is 0 Å². The molecule has 1 atom stereocenters. The number of allylic oxidation sites excluding steroid dienone is 1. The fourth-order valence-corrected chi connectivity index (χ4v) is 2.07. The van der Waals surface area contributed by atoms with Crippen molar-refractivity contribution in [2.75, 3.05) is 0 Å². The monoisotopic (exact) mass is 168 g/mol. The predicted octanol–water partition coefficient (Wildman–Crippen LogP) is 2.89. The standard InChI is InChI=1S/C11H20O/c1-9(12)7-10-5-4-6-11(2,3)8-10/h7,9,12H,4-6,8H2,1-3H3/b10-7-. The highest BCUT2D eigenvalue weighted by Crippen LogP contribution is 2.38. The van der Waals surface area contributed by atoms with Crippen LogP contribution in [-0.2, 0) is 0 Å². The lowest BCUT2D eigenvalue weighted by Crippen LogP contribution is -2.17. The van der Waals surface area contributed by atoms with Crippen molar-refractivity contribution in [3.05, 3.63) is 11.6 Å². The first-order chi connectivity index (χ1) is 5.49. The zero-order chi connectivity index (χ0) is 9.19. The molecule has 1 heteroatoms. The Balaban J connectivity index is 2.58. The van der Waals surface area contributed by atoms with Gasteiger partial charge in [0.05, 0.1) is 6.10 Å². The summed E-state index contributed by atoms with van der Waals surface area (Å²) >= 11 is 0. The average Bonchev–Trinajstić information content (AvgIpc) is 1.82. The first-order valence-electron chi connectivity index (χ1n) is 4.87. The van der Waals surface area contributed by atoms with Crippen molar-refractivity contribution < 1.29 is 5.11 Å². The zero-order valence-electron chi connectivity index (χ0n) is 8.43. The summed E-state index contributed by atoms with van der Waals surface area (Å²) in [7, 11) is 0. The summed E-state index contributed by atoms with van der Waals surface area (Å²) in [4.78, 5) is 0. The highest BCUT2D eigenvalue weighted by atomic mass is 16.3. The van der Waals surface area contributed by atoms with E-state index in [1.54, 1.807) is 0 Å². The summed E-state index contributed by atoms with van der Waals surface area (Å²) in [6, 6.07) is 0. The molecule has 1 fully saturated rings. The molecule has 12 heavy (non-hydrogen) atoms. The molecule has 0 heterocycles. The summed E-state index contributed by atoms with van der Waals surface area (Å²) in [6.45, 7) is 6.44. The van der Waals surface area contributed by atoms with Crippen LogP contribution in [0.4, 0.5) is 0 Å². The van der Waals surface area contributed by atoms with Gasteiger partial charge in [-0.05, 0) is 38.0 Å². The molecule has 1 aliphatic carbocycles. The van der Waals surface area contributed by atoms with Gasteiger partial charge in [-0.3, -0.25) is 0 Å². The van der Waals surface area contributed by atoms with E-state index in [4.69, 9.17) is 0 Å². The third-order valence-corrected chi connectivity index (χ3v) is 2.53. The third kappa shape index (κ3) is 2.98. The normalized spacial score (nSPS) is 28.8. The Hall–Kier alpha value is -0.300. The van der Waals surface area contributed by atoms with Gasteiger partial charge in [0.25, 0.3) is 0 Å². The molecule has 1 nitrogen and oxygen atoms in total. The first kappa shape index (κ1) is 9.79. The topological polar surface area (TPSA) is 20.2 Å². The Morgan fingerprint density at radius 1 is 1.50 bits per heavy atom. The number of hydrogen-bond acceptors (Lipinski definition) is 1. The molecule has 0 amide bonds. The Kier molecular flexibility index (Phi) is 2.94. The van der Waals surface area contributed by atoms with Crippen molar-refractivity contribution in [2.45, 2.75) is 52.6 Å². The second-order valence-corrected chi connectivity index (χ2v) is 4.76. The Labute approximate surface area is 75.5 Å². The minimum atomic E-state index is -0.270. The van der Waals surface area contributed by atoms with Gasteiger partial charge in [0.2, 0.25) is 0 Å². The van der Waals surface area contributed by atoms with Gasteiger partial charge in [0.1, 0.15) is 0 Å². The van der Waals surface area contributed by atoms with Crippen molar-refractivity contribution in [2.24, 2.45) is 5.41 Å². The van der Waals surface area contributed by atoms with Crippen LogP contribution < -0.4 is 0 Å². The molecule has 1 unspecified atom stereocenters. The first-order valence-corrected chi connectivity index (χ1v) is 4.87. The fraction of sp³-hybridized carbons (Fsp3) is 0.818. The molecule has 70 valence electrons. The van der Waals surface area contributed by atoms with Gasteiger partial charge in [-0.25, -0.2) is 0 Å². The molecule has 0 aromatic rings. The van der Waals surface area contributed by atoms with Crippen LogP contribution in [0.2, 0.25) is 0 Å². The van der Waals surface area contributed by atoms with Crippen LogP contribution in [0.5, 0.6) is 0 Å². The number of aliphatic hydroxyl groups is 1. The molecule has 0 bridgehead atoms. The van der Waals surface area contributed by atoms with Crippen LogP contribution in [0.3, 0.4) is 0 Å². The summed E-state index contributed by atoms with van der Waals surface area (Å²) < 4.78 is 0. The van der Waals surface area contributed by atoms with Crippen molar-refractivity contribution in [3.8, 4) is 0 Å². The predicted molar refractivity (Wildman–Crippen MR) is 52.0 cm³/mol. The highest BCUT2D eigenvalue weighted by Gasteiger charge is 2.23. The van der Waals surface area contributed by atoms with Crippen molar-refractivity contribution in [1.82, 2.24) is 0 Å². The second-order valence-electron chi connectivity index (χ2n) is 4.76. The lowest BCUT2D eigenvalue weighted by Gasteiger charge is -2.31. The number of aliphatic hydroxyl groups excluding tert-OH is 1. The van der Waals surface area contributed by atoms with E-state index < -0.39 is 0 Å². The van der Waals surface area contributed by atoms with Crippen molar-refractivity contribution in [3.63, 3.8) is 0 Å². The van der Waals surface area contributed by atoms with E-state index >= 15 is 0 Å². The summed E-state index contributed by atoms with van der Waals surface area (Å²) in [5, 5.41) is 9.20.